The van der Waals surface area contributed by atoms with Crippen LogP contribution < -0.4 is 5.32 Å². The van der Waals surface area contributed by atoms with Crippen molar-refractivity contribution in [1.82, 2.24) is 19.5 Å². The van der Waals surface area contributed by atoms with Crippen LogP contribution in [-0.4, -0.2) is 41.9 Å². The zero-order chi connectivity index (χ0) is 24.5. The maximum absolute atomic E-state index is 10.8. The average molecular weight is 480 g/mol. The number of aromatic nitrogens is 4. The lowest BCUT2D eigenvalue weighted by Crippen LogP contribution is -2.29. The van der Waals surface area contributed by atoms with E-state index < -0.39 is 12.2 Å². The second-order valence-electron chi connectivity index (χ2n) is 9.67. The van der Waals surface area contributed by atoms with Crippen LogP contribution in [-0.2, 0) is 13.0 Å². The van der Waals surface area contributed by atoms with Crippen LogP contribution in [0.2, 0.25) is 0 Å². The number of aryl methyl sites for hydroxylation is 1. The Morgan fingerprint density at radius 3 is 2.67 bits per heavy atom. The van der Waals surface area contributed by atoms with Crippen molar-refractivity contribution in [3.05, 3.63) is 96.6 Å². The van der Waals surface area contributed by atoms with E-state index in [1.54, 1.807) is 6.20 Å². The topological polar surface area (TPSA) is 96.1 Å². The maximum Gasteiger partial charge on any atom is 0.143 e. The van der Waals surface area contributed by atoms with Crippen LogP contribution in [0.15, 0.2) is 85.5 Å². The summed E-state index contributed by atoms with van der Waals surface area (Å²) in [6.07, 6.45) is 5.94. The zero-order valence-corrected chi connectivity index (χ0v) is 19.9. The largest absolute Gasteiger partial charge is 0.390 e. The lowest BCUT2D eigenvalue weighted by molar-refractivity contribution is 0.00545. The Bertz CT molecular complexity index is 1490. The summed E-state index contributed by atoms with van der Waals surface area (Å²) in [6.45, 7) is 0.727. The number of pyridine rings is 1. The van der Waals surface area contributed by atoms with Gasteiger partial charge in [0.05, 0.1) is 17.7 Å². The Hall–Kier alpha value is -3.81. The molecule has 0 bridgehead atoms. The van der Waals surface area contributed by atoms with E-state index in [1.807, 2.05) is 41.1 Å². The summed E-state index contributed by atoms with van der Waals surface area (Å²) in [7, 11) is 0. The molecular formula is C29H29N5O2. The summed E-state index contributed by atoms with van der Waals surface area (Å²) >= 11 is 0. The lowest BCUT2D eigenvalue weighted by atomic mass is 9.95. The number of rotatable bonds is 7. The molecule has 7 nitrogen and oxygen atoms in total. The van der Waals surface area contributed by atoms with E-state index >= 15 is 0 Å². The summed E-state index contributed by atoms with van der Waals surface area (Å²) in [5.41, 5.74) is 4.14. The molecule has 3 aromatic heterocycles. The first-order chi connectivity index (χ1) is 17.7. The summed E-state index contributed by atoms with van der Waals surface area (Å²) in [4.78, 5) is 13.3. The number of aliphatic hydroxyl groups excluding tert-OH is 2. The second-order valence-corrected chi connectivity index (χ2v) is 9.67. The molecule has 7 heteroatoms. The van der Waals surface area contributed by atoms with Crippen molar-refractivity contribution in [2.24, 2.45) is 5.92 Å². The fourth-order valence-corrected chi connectivity index (χ4v) is 5.39. The van der Waals surface area contributed by atoms with Crippen LogP contribution in [0, 0.1) is 5.92 Å². The number of benzene rings is 2. The van der Waals surface area contributed by atoms with Crippen LogP contribution in [0.3, 0.4) is 0 Å². The monoisotopic (exact) mass is 479 g/mol. The van der Waals surface area contributed by atoms with E-state index in [4.69, 9.17) is 4.98 Å². The fraction of sp³-hybridized carbons (Fsp3) is 0.276. The zero-order valence-electron chi connectivity index (χ0n) is 19.9. The molecule has 0 spiro atoms. The number of hydrogen-bond acceptors (Lipinski definition) is 6. The first-order valence-corrected chi connectivity index (χ1v) is 12.5. The molecule has 1 aliphatic rings. The number of hydrogen-bond donors (Lipinski definition) is 3. The van der Waals surface area contributed by atoms with Crippen molar-refractivity contribution >= 4 is 27.8 Å². The first kappa shape index (κ1) is 22.6. The molecule has 182 valence electrons. The van der Waals surface area contributed by atoms with Crippen LogP contribution in [0.5, 0.6) is 0 Å². The molecule has 3 N–H and O–H groups in total. The van der Waals surface area contributed by atoms with Gasteiger partial charge in [0.1, 0.15) is 23.9 Å². The summed E-state index contributed by atoms with van der Waals surface area (Å²) in [5, 5.41) is 27.1. The Morgan fingerprint density at radius 2 is 1.78 bits per heavy atom. The summed E-state index contributed by atoms with van der Waals surface area (Å²) in [6, 6.07) is 22.5. The molecule has 0 unspecified atom stereocenters. The van der Waals surface area contributed by atoms with Crippen LogP contribution in [0.4, 0.5) is 5.82 Å². The Kier molecular flexibility index (Phi) is 6.09. The SMILES string of the molecule is O[C@@H]1[C@@H](CCc2ccc3ccc(NCc4ccccc4)nc3c2)C[C@@H](n2ccc3cncnc32)[C@@H]1O. The van der Waals surface area contributed by atoms with Crippen molar-refractivity contribution in [3.8, 4) is 0 Å². The van der Waals surface area contributed by atoms with Crippen molar-refractivity contribution < 1.29 is 10.2 Å². The van der Waals surface area contributed by atoms with E-state index in [0.29, 0.717) is 6.42 Å². The van der Waals surface area contributed by atoms with Gasteiger partial charge in [-0.15, -0.1) is 0 Å². The van der Waals surface area contributed by atoms with E-state index in [0.717, 1.165) is 47.1 Å². The minimum atomic E-state index is -0.822. The number of anilines is 1. The highest BCUT2D eigenvalue weighted by molar-refractivity contribution is 5.81. The van der Waals surface area contributed by atoms with Gasteiger partial charge in [0.2, 0.25) is 0 Å². The van der Waals surface area contributed by atoms with Gasteiger partial charge in [-0.1, -0.05) is 42.5 Å². The molecule has 1 saturated carbocycles. The van der Waals surface area contributed by atoms with E-state index in [9.17, 15) is 10.2 Å². The van der Waals surface area contributed by atoms with Crippen LogP contribution >= 0.6 is 0 Å². The molecule has 2 aromatic carbocycles. The van der Waals surface area contributed by atoms with Crippen LogP contribution in [0.1, 0.15) is 30.0 Å². The van der Waals surface area contributed by atoms with Gasteiger partial charge in [-0.05, 0) is 60.6 Å². The van der Waals surface area contributed by atoms with Gasteiger partial charge in [-0.3, -0.25) is 0 Å². The van der Waals surface area contributed by atoms with Gasteiger partial charge < -0.3 is 20.1 Å². The van der Waals surface area contributed by atoms with Gasteiger partial charge in [0, 0.05) is 29.7 Å². The van der Waals surface area contributed by atoms with E-state index in [2.05, 4.69) is 51.7 Å². The standard InChI is InChI=1S/C29H29N5O2/c35-27-22(15-25(28(27)36)34-13-12-23-17-30-18-32-29(23)34)9-7-19-6-8-21-10-11-26(33-24(21)14-19)31-16-20-4-2-1-3-5-20/h1-6,8,10-14,17-18,22,25,27-28,35-36H,7,9,15-16H2,(H,31,33)/t22-,25+,27+,28-/m0/s1. The van der Waals surface area contributed by atoms with Crippen molar-refractivity contribution in [2.75, 3.05) is 5.32 Å². The first-order valence-electron chi connectivity index (χ1n) is 12.5. The van der Waals surface area contributed by atoms with Crippen molar-refractivity contribution in [2.45, 2.75) is 44.1 Å². The molecule has 0 amide bonds. The third kappa shape index (κ3) is 4.43. The van der Waals surface area contributed by atoms with E-state index in [1.165, 1.54) is 17.5 Å². The molecule has 0 saturated heterocycles. The highest BCUT2D eigenvalue weighted by Crippen LogP contribution is 2.39. The van der Waals surface area contributed by atoms with Gasteiger partial charge in [0.25, 0.3) is 0 Å². The lowest BCUT2D eigenvalue weighted by Gasteiger charge is -2.18. The Morgan fingerprint density at radius 1 is 0.917 bits per heavy atom. The molecule has 0 radical (unpaired) electrons. The molecule has 1 aliphatic carbocycles. The maximum atomic E-state index is 10.8. The molecular weight excluding hydrogens is 450 g/mol. The molecule has 0 aliphatic heterocycles. The molecule has 5 aromatic rings. The predicted molar refractivity (Wildman–Crippen MR) is 141 cm³/mol. The highest BCUT2D eigenvalue weighted by atomic mass is 16.3. The molecule has 3 heterocycles. The third-order valence-corrected chi connectivity index (χ3v) is 7.38. The number of nitrogens with one attached hydrogen (secondary N) is 1. The Labute approximate surface area is 209 Å². The number of aliphatic hydroxyl groups is 2. The molecule has 36 heavy (non-hydrogen) atoms. The fourth-order valence-electron chi connectivity index (χ4n) is 5.39. The molecule has 1 fully saturated rings. The number of nitrogens with zero attached hydrogens (tertiary/aromatic N) is 4. The van der Waals surface area contributed by atoms with Gasteiger partial charge >= 0.3 is 0 Å². The highest BCUT2D eigenvalue weighted by Gasteiger charge is 2.42. The van der Waals surface area contributed by atoms with Gasteiger partial charge in [0.15, 0.2) is 0 Å². The average Bonchev–Trinajstić information content (AvgIpc) is 3.47. The van der Waals surface area contributed by atoms with Crippen molar-refractivity contribution in [1.29, 1.82) is 0 Å². The van der Waals surface area contributed by atoms with Crippen molar-refractivity contribution in [3.63, 3.8) is 0 Å². The van der Waals surface area contributed by atoms with Crippen LogP contribution in [0.25, 0.3) is 21.9 Å². The van der Waals surface area contributed by atoms with Gasteiger partial charge in [-0.2, -0.15) is 0 Å². The second kappa shape index (κ2) is 9.68. The minimum Gasteiger partial charge on any atom is -0.390 e. The summed E-state index contributed by atoms with van der Waals surface area (Å²) < 4.78 is 1.98. The quantitative estimate of drug-likeness (QED) is 0.318. The van der Waals surface area contributed by atoms with Gasteiger partial charge in [-0.25, -0.2) is 15.0 Å². The normalized spacial score (nSPS) is 21.8. The Balaban J connectivity index is 1.13. The molecule has 6 rings (SSSR count). The summed E-state index contributed by atoms with van der Waals surface area (Å²) in [5.74, 6) is 0.857. The minimum absolute atomic E-state index is 0.00631. The third-order valence-electron chi connectivity index (χ3n) is 7.38. The predicted octanol–water partition coefficient (Wildman–Crippen LogP) is 4.51. The number of fused-ring (bicyclic) bond motifs is 2. The smallest absolute Gasteiger partial charge is 0.143 e. The molecule has 4 atom stereocenters. The van der Waals surface area contributed by atoms with E-state index in [-0.39, 0.29) is 12.0 Å².